The van der Waals surface area contributed by atoms with Gasteiger partial charge in [-0.2, -0.15) is 0 Å². The first-order valence-electron chi connectivity index (χ1n) is 9.56. The van der Waals surface area contributed by atoms with E-state index in [0.717, 1.165) is 11.1 Å². The predicted octanol–water partition coefficient (Wildman–Crippen LogP) is -3.49. The third-order valence-corrected chi connectivity index (χ3v) is 4.97. The number of carbonyl (C=O) groups excluding carboxylic acids is 3. The van der Waals surface area contributed by atoms with Crippen molar-refractivity contribution >= 4 is 17.8 Å². The first-order valence-corrected chi connectivity index (χ1v) is 9.56. The molecule has 3 rings (SSSR count). The van der Waals surface area contributed by atoms with Crippen molar-refractivity contribution in [1.82, 2.24) is 15.5 Å². The van der Waals surface area contributed by atoms with Crippen LogP contribution in [-0.4, -0.2) is 54.4 Å². The average Bonchev–Trinajstić information content (AvgIpc) is 3.54. The van der Waals surface area contributed by atoms with E-state index in [4.69, 9.17) is 0 Å². The maximum atomic E-state index is 13.0. The van der Waals surface area contributed by atoms with E-state index in [1.807, 2.05) is 60.7 Å². The molecule has 7 nitrogen and oxygen atoms in total. The van der Waals surface area contributed by atoms with Gasteiger partial charge in [-0.25, -0.2) is 0 Å². The largest absolute Gasteiger partial charge is 1.00 e. The SMILES string of the molecule is CN(CCc1ccccc1)C(=O)[C@H](Cc1ccccc1)NC(=O)[C@H]1N[C@@H]1C(=O)[O-].[Na+]. The monoisotopic (exact) mass is 417 g/mol. The summed E-state index contributed by atoms with van der Waals surface area (Å²) in [4.78, 5) is 37.9. The Bertz CT molecular complexity index is 863. The summed E-state index contributed by atoms with van der Waals surface area (Å²) in [5.41, 5.74) is 2.03. The first-order chi connectivity index (χ1) is 14.0. The summed E-state index contributed by atoms with van der Waals surface area (Å²) in [6.07, 6.45) is 1.02. The number of hydrogen-bond acceptors (Lipinski definition) is 5. The van der Waals surface area contributed by atoms with Crippen molar-refractivity contribution < 1.29 is 49.0 Å². The summed E-state index contributed by atoms with van der Waals surface area (Å²) in [7, 11) is 1.70. The Balaban J connectivity index is 0.00000320. The van der Waals surface area contributed by atoms with Crippen LogP contribution in [0.25, 0.3) is 0 Å². The summed E-state index contributed by atoms with van der Waals surface area (Å²) < 4.78 is 0. The summed E-state index contributed by atoms with van der Waals surface area (Å²) >= 11 is 0. The minimum absolute atomic E-state index is 0. The molecule has 0 aliphatic carbocycles. The van der Waals surface area contributed by atoms with E-state index >= 15 is 0 Å². The Labute approximate surface area is 198 Å². The summed E-state index contributed by atoms with van der Waals surface area (Å²) in [6.45, 7) is 0.507. The van der Waals surface area contributed by atoms with E-state index in [-0.39, 0.29) is 35.5 Å². The van der Waals surface area contributed by atoms with Crippen LogP contribution < -0.4 is 45.3 Å². The van der Waals surface area contributed by atoms with Crippen LogP contribution >= 0.6 is 0 Å². The van der Waals surface area contributed by atoms with Crippen LogP contribution in [0.2, 0.25) is 0 Å². The molecule has 1 heterocycles. The van der Waals surface area contributed by atoms with E-state index < -0.39 is 30.0 Å². The van der Waals surface area contributed by atoms with Gasteiger partial charge in [0.25, 0.3) is 0 Å². The van der Waals surface area contributed by atoms with Crippen molar-refractivity contribution in [2.24, 2.45) is 0 Å². The third kappa shape index (κ3) is 6.67. The number of amides is 2. The summed E-state index contributed by atoms with van der Waals surface area (Å²) in [6, 6.07) is 16.6. The maximum absolute atomic E-state index is 13.0. The van der Waals surface area contributed by atoms with E-state index in [1.165, 1.54) is 0 Å². The molecule has 2 amide bonds. The second kappa shape index (κ2) is 11.3. The van der Waals surface area contributed by atoms with E-state index in [9.17, 15) is 19.5 Å². The number of hydrogen-bond donors (Lipinski definition) is 2. The fourth-order valence-electron chi connectivity index (χ4n) is 3.20. The molecule has 0 unspecified atom stereocenters. The standard InChI is InChI=1S/C22H25N3O4.Na/c1-25(13-12-15-8-4-2-5-9-15)21(27)17(14-16-10-6-3-7-11-16)23-20(26)18-19(24-18)22(28)29;/h2-11,17-19,24H,12-14H2,1H3,(H,23,26)(H,28,29);/q;+1/p-1/t17-,18-,19-;/m0./s1. The quantitative estimate of drug-likeness (QED) is 0.325. The maximum Gasteiger partial charge on any atom is 1.00 e. The van der Waals surface area contributed by atoms with Gasteiger partial charge >= 0.3 is 29.6 Å². The molecular formula is C22H24N3NaO4. The normalized spacial score (nSPS) is 17.9. The van der Waals surface area contributed by atoms with Gasteiger partial charge in [0.15, 0.2) is 0 Å². The minimum atomic E-state index is -1.32. The molecule has 1 saturated heterocycles. The molecule has 0 aromatic heterocycles. The van der Waals surface area contributed by atoms with Crippen molar-refractivity contribution in [2.45, 2.75) is 31.0 Å². The number of aliphatic carboxylic acids is 1. The van der Waals surface area contributed by atoms with Gasteiger partial charge in [0.05, 0.1) is 12.0 Å². The Morgan fingerprint density at radius 3 is 2.10 bits per heavy atom. The number of nitrogens with zero attached hydrogens (tertiary/aromatic N) is 1. The Morgan fingerprint density at radius 1 is 1.00 bits per heavy atom. The number of carbonyl (C=O) groups is 3. The Kier molecular flexibility index (Phi) is 9.05. The number of rotatable bonds is 9. The van der Waals surface area contributed by atoms with Gasteiger partial charge in [0, 0.05) is 20.0 Å². The third-order valence-electron chi connectivity index (χ3n) is 4.97. The van der Waals surface area contributed by atoms with Gasteiger partial charge in [-0.1, -0.05) is 60.7 Å². The molecule has 8 heteroatoms. The summed E-state index contributed by atoms with van der Waals surface area (Å²) in [5.74, 6) is -2.05. The van der Waals surface area contributed by atoms with Crippen LogP contribution in [0, 0.1) is 0 Å². The van der Waals surface area contributed by atoms with Crippen molar-refractivity contribution in [1.29, 1.82) is 0 Å². The molecule has 1 aliphatic rings. The molecule has 1 aliphatic heterocycles. The fraction of sp³-hybridized carbons (Fsp3) is 0.318. The second-order valence-electron chi connectivity index (χ2n) is 7.19. The summed E-state index contributed by atoms with van der Waals surface area (Å²) in [5, 5.41) is 16.1. The Hall–Kier alpha value is -2.19. The molecule has 2 N–H and O–H groups in total. The van der Waals surface area contributed by atoms with Crippen LogP contribution in [0.5, 0.6) is 0 Å². The van der Waals surface area contributed by atoms with Crippen LogP contribution in [0.15, 0.2) is 60.7 Å². The van der Waals surface area contributed by atoms with Gasteiger partial charge in [0.1, 0.15) is 12.1 Å². The van der Waals surface area contributed by atoms with Crippen LogP contribution in [-0.2, 0) is 27.2 Å². The Morgan fingerprint density at radius 2 is 1.57 bits per heavy atom. The molecule has 2 aromatic rings. The number of carboxylic acid groups (broad SMARTS) is 1. The minimum Gasteiger partial charge on any atom is -0.548 e. The predicted molar refractivity (Wildman–Crippen MR) is 106 cm³/mol. The van der Waals surface area contributed by atoms with Gasteiger partial charge in [-0.15, -0.1) is 0 Å². The van der Waals surface area contributed by atoms with Gasteiger partial charge < -0.3 is 20.1 Å². The van der Waals surface area contributed by atoms with Crippen molar-refractivity contribution in [3.63, 3.8) is 0 Å². The molecule has 0 saturated carbocycles. The molecule has 0 radical (unpaired) electrons. The molecule has 0 spiro atoms. The molecule has 152 valence electrons. The average molecular weight is 417 g/mol. The molecule has 2 aromatic carbocycles. The van der Waals surface area contributed by atoms with Crippen LogP contribution in [0.4, 0.5) is 0 Å². The van der Waals surface area contributed by atoms with Crippen molar-refractivity contribution in [3.8, 4) is 0 Å². The van der Waals surface area contributed by atoms with E-state index in [2.05, 4.69) is 10.6 Å². The zero-order chi connectivity index (χ0) is 20.8. The smallest absolute Gasteiger partial charge is 0.548 e. The van der Waals surface area contributed by atoms with Crippen molar-refractivity contribution in [2.75, 3.05) is 13.6 Å². The number of benzene rings is 2. The number of nitrogens with one attached hydrogen (secondary N) is 2. The number of carboxylic acids is 1. The topological polar surface area (TPSA) is 111 Å². The molecule has 0 bridgehead atoms. The zero-order valence-corrected chi connectivity index (χ0v) is 19.2. The fourth-order valence-corrected chi connectivity index (χ4v) is 3.20. The van der Waals surface area contributed by atoms with E-state index in [1.54, 1.807) is 11.9 Å². The molecular weight excluding hydrogens is 393 g/mol. The van der Waals surface area contributed by atoms with Gasteiger partial charge in [-0.05, 0) is 17.5 Å². The van der Waals surface area contributed by atoms with Crippen LogP contribution in [0.1, 0.15) is 11.1 Å². The zero-order valence-electron chi connectivity index (χ0n) is 17.2. The molecule has 1 fully saturated rings. The van der Waals surface area contributed by atoms with Gasteiger partial charge in [0.2, 0.25) is 11.8 Å². The van der Waals surface area contributed by atoms with Crippen molar-refractivity contribution in [3.05, 3.63) is 71.8 Å². The molecule has 30 heavy (non-hydrogen) atoms. The molecule has 3 atom stereocenters. The number of likely N-dealkylation sites (N-methyl/N-ethyl adjacent to an activating group) is 1. The first kappa shape index (κ1) is 24.1. The second-order valence-corrected chi connectivity index (χ2v) is 7.19. The van der Waals surface area contributed by atoms with E-state index in [0.29, 0.717) is 19.4 Å². The van der Waals surface area contributed by atoms with Crippen LogP contribution in [0.3, 0.4) is 0 Å². The van der Waals surface area contributed by atoms with Gasteiger partial charge in [-0.3, -0.25) is 14.9 Å².